The number of carbonyl (C=O) groups excluding carboxylic acids is 3. The molecular formula is C22H26N2O3. The molecule has 1 aromatic rings. The number of hydrogen-bond donors (Lipinski definition) is 0. The predicted molar refractivity (Wildman–Crippen MR) is 103 cm³/mol. The number of likely N-dealkylation sites (tertiary alicyclic amines) is 1. The highest BCUT2D eigenvalue weighted by Gasteiger charge is 2.50. The monoisotopic (exact) mass is 366 g/mol. The first-order valence-electron chi connectivity index (χ1n) is 10.0. The summed E-state index contributed by atoms with van der Waals surface area (Å²) in [5.74, 6) is -0.783. The lowest BCUT2D eigenvalue weighted by molar-refractivity contribution is -0.122. The molecule has 0 unspecified atom stereocenters. The van der Waals surface area contributed by atoms with Crippen molar-refractivity contribution >= 4 is 23.4 Å². The summed E-state index contributed by atoms with van der Waals surface area (Å²) in [6.07, 6.45) is 9.02. The van der Waals surface area contributed by atoms with E-state index in [0.29, 0.717) is 17.7 Å². The molecule has 0 radical (unpaired) electrons. The minimum absolute atomic E-state index is 0.00899. The van der Waals surface area contributed by atoms with Gasteiger partial charge in [0.2, 0.25) is 11.8 Å². The van der Waals surface area contributed by atoms with E-state index in [-0.39, 0.29) is 35.5 Å². The standard InChI is InChI=1S/C22H26N2O3/c1-15-8-6-11-18-19(15)22(27)24(21(18)26)17-10-7-9-16(14-17)20(25)23-12-4-2-3-5-13-23/h6-10,14-15,18-19H,2-5,11-13H2,1H3/t15-,18-,19-/m1/s1. The van der Waals surface area contributed by atoms with Crippen molar-refractivity contribution in [1.29, 1.82) is 0 Å². The van der Waals surface area contributed by atoms with Crippen LogP contribution in [0.2, 0.25) is 0 Å². The number of amides is 3. The minimum Gasteiger partial charge on any atom is -0.339 e. The number of benzene rings is 1. The third-order valence-corrected chi connectivity index (χ3v) is 6.12. The maximum Gasteiger partial charge on any atom is 0.253 e. The number of fused-ring (bicyclic) bond motifs is 1. The molecule has 0 aromatic heterocycles. The first-order valence-corrected chi connectivity index (χ1v) is 10.0. The highest BCUT2D eigenvalue weighted by molar-refractivity contribution is 6.22. The van der Waals surface area contributed by atoms with Crippen molar-refractivity contribution in [2.45, 2.75) is 39.0 Å². The average molecular weight is 366 g/mol. The molecule has 2 saturated heterocycles. The third-order valence-electron chi connectivity index (χ3n) is 6.12. The number of allylic oxidation sites excluding steroid dienone is 2. The van der Waals surface area contributed by atoms with Gasteiger partial charge in [0.15, 0.2) is 0 Å². The van der Waals surface area contributed by atoms with Gasteiger partial charge in [0.1, 0.15) is 0 Å². The zero-order valence-corrected chi connectivity index (χ0v) is 15.8. The summed E-state index contributed by atoms with van der Waals surface area (Å²) < 4.78 is 0. The van der Waals surface area contributed by atoms with Crippen LogP contribution in [-0.4, -0.2) is 35.7 Å². The number of hydrogen-bond acceptors (Lipinski definition) is 3. The van der Waals surface area contributed by atoms with E-state index in [1.165, 1.54) is 4.90 Å². The number of carbonyl (C=O) groups is 3. The Kier molecular flexibility index (Phi) is 4.85. The van der Waals surface area contributed by atoms with Crippen molar-refractivity contribution < 1.29 is 14.4 Å². The zero-order valence-electron chi connectivity index (χ0n) is 15.8. The number of anilines is 1. The lowest BCUT2D eigenvalue weighted by Gasteiger charge is -2.22. The van der Waals surface area contributed by atoms with Gasteiger partial charge in [0.05, 0.1) is 17.5 Å². The average Bonchev–Trinajstić information content (AvgIpc) is 2.86. The molecule has 5 nitrogen and oxygen atoms in total. The van der Waals surface area contributed by atoms with E-state index >= 15 is 0 Å². The van der Waals surface area contributed by atoms with E-state index in [9.17, 15) is 14.4 Å². The number of imide groups is 1. The number of nitrogens with zero attached hydrogens (tertiary/aromatic N) is 2. The van der Waals surface area contributed by atoms with Crippen molar-refractivity contribution in [3.05, 3.63) is 42.0 Å². The van der Waals surface area contributed by atoms with Crippen LogP contribution in [-0.2, 0) is 9.59 Å². The SMILES string of the molecule is C[C@@H]1C=CC[C@H]2C(=O)N(c3cccc(C(=O)N4CCCCCC4)c3)C(=O)[C@H]12. The van der Waals surface area contributed by atoms with Crippen molar-refractivity contribution in [3.63, 3.8) is 0 Å². The maximum absolute atomic E-state index is 13.0. The van der Waals surface area contributed by atoms with Gasteiger partial charge >= 0.3 is 0 Å². The molecule has 3 atom stereocenters. The molecular weight excluding hydrogens is 340 g/mol. The van der Waals surface area contributed by atoms with E-state index in [1.54, 1.807) is 24.3 Å². The van der Waals surface area contributed by atoms with Gasteiger partial charge in [-0.05, 0) is 43.4 Å². The lowest BCUT2D eigenvalue weighted by atomic mass is 9.78. The molecule has 142 valence electrons. The van der Waals surface area contributed by atoms with E-state index in [2.05, 4.69) is 0 Å². The van der Waals surface area contributed by atoms with Crippen molar-refractivity contribution in [2.75, 3.05) is 18.0 Å². The highest BCUT2D eigenvalue weighted by Crippen LogP contribution is 2.40. The summed E-state index contributed by atoms with van der Waals surface area (Å²) in [5.41, 5.74) is 1.07. The lowest BCUT2D eigenvalue weighted by Crippen LogP contribution is -2.33. The Labute approximate surface area is 160 Å². The van der Waals surface area contributed by atoms with E-state index in [4.69, 9.17) is 0 Å². The molecule has 0 spiro atoms. The van der Waals surface area contributed by atoms with Gasteiger partial charge in [0.25, 0.3) is 5.91 Å². The van der Waals surface area contributed by atoms with Crippen molar-refractivity contribution in [2.24, 2.45) is 17.8 Å². The van der Waals surface area contributed by atoms with Gasteiger partial charge in [-0.25, -0.2) is 0 Å². The van der Waals surface area contributed by atoms with Gasteiger partial charge < -0.3 is 4.90 Å². The molecule has 4 rings (SSSR count). The Bertz CT molecular complexity index is 793. The molecule has 0 N–H and O–H groups in total. The fourth-order valence-electron chi connectivity index (χ4n) is 4.64. The molecule has 3 amide bonds. The fourth-order valence-corrected chi connectivity index (χ4v) is 4.64. The van der Waals surface area contributed by atoms with Crippen LogP contribution in [0.4, 0.5) is 5.69 Å². The van der Waals surface area contributed by atoms with Gasteiger partial charge in [-0.3, -0.25) is 19.3 Å². The fraction of sp³-hybridized carbons (Fsp3) is 0.500. The van der Waals surface area contributed by atoms with Crippen LogP contribution in [0.25, 0.3) is 0 Å². The molecule has 5 heteroatoms. The highest BCUT2D eigenvalue weighted by atomic mass is 16.2. The van der Waals surface area contributed by atoms with Crippen molar-refractivity contribution in [1.82, 2.24) is 4.90 Å². The van der Waals surface area contributed by atoms with Gasteiger partial charge in [-0.2, -0.15) is 0 Å². The quantitative estimate of drug-likeness (QED) is 0.595. The molecule has 3 aliphatic rings. The Morgan fingerprint density at radius 1 is 1.04 bits per heavy atom. The molecule has 1 aliphatic carbocycles. The van der Waals surface area contributed by atoms with Crippen LogP contribution in [0.1, 0.15) is 49.4 Å². The second kappa shape index (κ2) is 7.29. The molecule has 2 heterocycles. The van der Waals surface area contributed by atoms with Crippen LogP contribution in [0.5, 0.6) is 0 Å². The summed E-state index contributed by atoms with van der Waals surface area (Å²) in [6, 6.07) is 7.01. The Balaban J connectivity index is 1.60. The zero-order chi connectivity index (χ0) is 19.0. The van der Waals surface area contributed by atoms with Gasteiger partial charge in [0, 0.05) is 18.7 Å². The molecule has 1 aromatic carbocycles. The summed E-state index contributed by atoms with van der Waals surface area (Å²) in [6.45, 7) is 3.54. The largest absolute Gasteiger partial charge is 0.339 e. The maximum atomic E-state index is 13.0. The molecule has 2 fully saturated rings. The second-order valence-electron chi connectivity index (χ2n) is 7.92. The minimum atomic E-state index is -0.285. The Morgan fingerprint density at radius 2 is 1.78 bits per heavy atom. The summed E-state index contributed by atoms with van der Waals surface area (Å²) in [5, 5.41) is 0. The van der Waals surface area contributed by atoms with Crippen LogP contribution >= 0.6 is 0 Å². The molecule has 2 aliphatic heterocycles. The summed E-state index contributed by atoms with van der Waals surface area (Å²) >= 11 is 0. The Morgan fingerprint density at radius 3 is 2.48 bits per heavy atom. The first kappa shape index (κ1) is 18.0. The molecule has 27 heavy (non-hydrogen) atoms. The summed E-state index contributed by atoms with van der Waals surface area (Å²) in [4.78, 5) is 42.0. The van der Waals surface area contributed by atoms with E-state index in [1.807, 2.05) is 24.0 Å². The second-order valence-corrected chi connectivity index (χ2v) is 7.92. The van der Waals surface area contributed by atoms with Crippen LogP contribution in [0.3, 0.4) is 0 Å². The first-order chi connectivity index (χ1) is 13.1. The molecule has 0 bridgehead atoms. The number of rotatable bonds is 2. The normalized spacial score (nSPS) is 28.3. The van der Waals surface area contributed by atoms with Crippen LogP contribution in [0, 0.1) is 17.8 Å². The smallest absolute Gasteiger partial charge is 0.253 e. The third kappa shape index (κ3) is 3.20. The van der Waals surface area contributed by atoms with Crippen LogP contribution < -0.4 is 4.90 Å². The van der Waals surface area contributed by atoms with Crippen LogP contribution in [0.15, 0.2) is 36.4 Å². The van der Waals surface area contributed by atoms with Gasteiger partial charge in [-0.15, -0.1) is 0 Å². The summed E-state index contributed by atoms with van der Waals surface area (Å²) in [7, 11) is 0. The predicted octanol–water partition coefficient (Wildman–Crippen LogP) is 3.40. The van der Waals surface area contributed by atoms with Gasteiger partial charge in [-0.1, -0.05) is 38.0 Å². The topological polar surface area (TPSA) is 57.7 Å². The van der Waals surface area contributed by atoms with E-state index in [0.717, 1.165) is 38.8 Å². The van der Waals surface area contributed by atoms with E-state index < -0.39 is 0 Å². The molecule has 0 saturated carbocycles. The Hall–Kier alpha value is -2.43. The van der Waals surface area contributed by atoms with Crippen molar-refractivity contribution in [3.8, 4) is 0 Å².